The molecule has 1 saturated heterocycles. The topological polar surface area (TPSA) is 85.2 Å². The monoisotopic (exact) mass is 224 g/mol. The van der Waals surface area contributed by atoms with E-state index in [0.717, 1.165) is 0 Å². The van der Waals surface area contributed by atoms with Gasteiger partial charge >= 0.3 is 6.16 Å². The maximum Gasteiger partial charge on any atom is 0.508 e. The van der Waals surface area contributed by atoms with Gasteiger partial charge in [0.25, 0.3) is 0 Å². The third-order valence-electron chi connectivity index (χ3n) is 1.43. The Bertz CT molecular complexity index is 228. The van der Waals surface area contributed by atoms with Crippen LogP contribution in [0.15, 0.2) is 12.7 Å². The van der Waals surface area contributed by atoms with Gasteiger partial charge in [-0.2, -0.15) is 0 Å². The lowest BCUT2D eigenvalue weighted by Crippen LogP contribution is -2.21. The third-order valence-corrected chi connectivity index (χ3v) is 2.75. The smallest absolute Gasteiger partial charge is 0.430 e. The number of rotatable bonds is 3. The van der Waals surface area contributed by atoms with Gasteiger partial charge in [-0.1, -0.05) is 12.7 Å². The quantitative estimate of drug-likeness (QED) is 0.556. The zero-order valence-electron chi connectivity index (χ0n) is 7.42. The number of carbonyl (C=O) groups excluding carboxylic acids is 1. The summed E-state index contributed by atoms with van der Waals surface area (Å²) in [5, 5.41) is 0. The summed E-state index contributed by atoms with van der Waals surface area (Å²) in [4.78, 5) is 10.9. The van der Waals surface area contributed by atoms with Gasteiger partial charge in [0.2, 0.25) is 0 Å². The lowest BCUT2D eigenvalue weighted by Gasteiger charge is -2.17. The summed E-state index contributed by atoms with van der Waals surface area (Å²) in [6.07, 6.45) is -0.118. The summed E-state index contributed by atoms with van der Waals surface area (Å²) in [6, 6.07) is 0. The first-order chi connectivity index (χ1) is 6.53. The Hall–Kier alpha value is -0.760. The van der Waals surface area contributed by atoms with E-state index in [9.17, 15) is 4.79 Å². The first-order valence-corrected chi connectivity index (χ1v) is 5.52. The van der Waals surface area contributed by atoms with E-state index in [1.54, 1.807) is 0 Å². The second-order valence-electron chi connectivity index (χ2n) is 2.65. The molecule has 1 unspecified atom stereocenters. The zero-order valence-corrected chi connectivity index (χ0v) is 8.24. The molecular weight excluding hydrogens is 212 g/mol. The fourth-order valence-electron chi connectivity index (χ4n) is 0.888. The van der Waals surface area contributed by atoms with E-state index >= 15 is 0 Å². The van der Waals surface area contributed by atoms with Gasteiger partial charge in [-0.15, -0.1) is 0 Å². The van der Waals surface area contributed by atoms with Crippen LogP contribution in [-0.2, 0) is 13.7 Å². The van der Waals surface area contributed by atoms with E-state index in [1.807, 2.05) is 0 Å². The van der Waals surface area contributed by atoms with Crippen molar-refractivity contribution < 1.29 is 27.6 Å². The Labute approximate surface area is 83.0 Å². The van der Waals surface area contributed by atoms with Crippen LogP contribution in [0.3, 0.4) is 0 Å². The van der Waals surface area contributed by atoms with Crippen molar-refractivity contribution in [3.63, 3.8) is 0 Å². The first-order valence-electron chi connectivity index (χ1n) is 3.88. The summed E-state index contributed by atoms with van der Waals surface area (Å²) in [7, 11) is -3.01. The summed E-state index contributed by atoms with van der Waals surface area (Å²) in [5.74, 6) is -0.101. The maximum atomic E-state index is 10.9. The molecular formula is C7H12O6S. The van der Waals surface area contributed by atoms with Gasteiger partial charge in [0, 0.05) is 0 Å². The molecule has 1 heterocycles. The minimum atomic E-state index is -3.01. The average Bonchev–Trinajstić information content (AvgIpc) is 2.42. The highest BCUT2D eigenvalue weighted by atomic mass is 32.3. The van der Waals surface area contributed by atoms with E-state index in [2.05, 4.69) is 15.5 Å². The summed E-state index contributed by atoms with van der Waals surface area (Å²) >= 11 is 0. The minimum Gasteiger partial charge on any atom is -0.430 e. The molecule has 0 aromatic carbocycles. The zero-order chi connectivity index (χ0) is 10.6. The molecule has 0 radical (unpaired) electrons. The number of ether oxygens (including phenoxy) is 2. The average molecular weight is 224 g/mol. The maximum absolute atomic E-state index is 10.9. The molecule has 1 rings (SSSR count). The first kappa shape index (κ1) is 11.3. The van der Waals surface area contributed by atoms with Crippen molar-refractivity contribution in [2.24, 2.45) is 0 Å². The third kappa shape index (κ3) is 3.54. The molecule has 1 fully saturated rings. The lowest BCUT2D eigenvalue weighted by atomic mass is 10.4. The Morgan fingerprint density at radius 2 is 2.43 bits per heavy atom. The van der Waals surface area contributed by atoms with Gasteiger partial charge in [-0.25, -0.2) is 4.79 Å². The molecule has 0 spiro atoms. The lowest BCUT2D eigenvalue weighted by molar-refractivity contribution is 0.0295. The normalized spacial score (nSPS) is 26.6. The predicted molar refractivity (Wildman–Crippen MR) is 50.1 cm³/mol. The fraction of sp³-hybridized carbons (Fsp3) is 0.571. The molecule has 0 amide bonds. The molecule has 6 nitrogen and oxygen atoms in total. The van der Waals surface area contributed by atoms with E-state index in [1.165, 1.54) is 6.08 Å². The van der Waals surface area contributed by atoms with Crippen LogP contribution in [0.4, 0.5) is 4.79 Å². The van der Waals surface area contributed by atoms with Crippen LogP contribution in [0, 0.1) is 0 Å². The molecule has 14 heavy (non-hydrogen) atoms. The largest absolute Gasteiger partial charge is 0.508 e. The van der Waals surface area contributed by atoms with Gasteiger partial charge in [0.05, 0.1) is 16.6 Å². The molecule has 2 N–H and O–H groups in total. The van der Waals surface area contributed by atoms with Crippen LogP contribution >= 0.6 is 10.9 Å². The van der Waals surface area contributed by atoms with Gasteiger partial charge < -0.3 is 18.6 Å². The van der Waals surface area contributed by atoms with Crippen LogP contribution in [0.1, 0.15) is 0 Å². The minimum absolute atomic E-state index is 0.0223. The number of carbonyl (C=O) groups is 1. The van der Waals surface area contributed by atoms with Crippen LogP contribution in [0.25, 0.3) is 0 Å². The van der Waals surface area contributed by atoms with Gasteiger partial charge in [0.1, 0.15) is 19.3 Å². The van der Waals surface area contributed by atoms with Crippen LogP contribution < -0.4 is 0 Å². The van der Waals surface area contributed by atoms with Crippen molar-refractivity contribution in [2.75, 3.05) is 19.0 Å². The summed E-state index contributed by atoms with van der Waals surface area (Å²) < 4.78 is 31.9. The highest BCUT2D eigenvalue weighted by Crippen LogP contribution is 2.45. The van der Waals surface area contributed by atoms with Gasteiger partial charge in [0.15, 0.2) is 0 Å². The highest BCUT2D eigenvalue weighted by Gasteiger charge is 2.35. The van der Waals surface area contributed by atoms with Crippen LogP contribution in [-0.4, -0.2) is 40.3 Å². The molecule has 1 aliphatic rings. The van der Waals surface area contributed by atoms with E-state index in [4.69, 9.17) is 13.8 Å². The molecule has 1 atom stereocenters. The van der Waals surface area contributed by atoms with Crippen LogP contribution in [0.5, 0.6) is 0 Å². The number of hydrogen-bond acceptors (Lipinski definition) is 6. The fourth-order valence-corrected chi connectivity index (χ4v) is 2.00. The second kappa shape index (κ2) is 4.65. The molecule has 0 saturated carbocycles. The molecule has 1 aliphatic heterocycles. The summed E-state index contributed by atoms with van der Waals surface area (Å²) in [6.45, 7) is 3.39. The Morgan fingerprint density at radius 1 is 1.71 bits per heavy atom. The molecule has 0 bridgehead atoms. The van der Waals surface area contributed by atoms with Crippen molar-refractivity contribution in [3.05, 3.63) is 12.7 Å². The van der Waals surface area contributed by atoms with Crippen molar-refractivity contribution in [2.45, 2.75) is 6.10 Å². The molecule has 0 aromatic heterocycles. The molecule has 0 aliphatic carbocycles. The summed E-state index contributed by atoms with van der Waals surface area (Å²) in [5.41, 5.74) is 0. The van der Waals surface area contributed by atoms with Crippen molar-refractivity contribution in [3.8, 4) is 0 Å². The van der Waals surface area contributed by atoms with Gasteiger partial charge in [-0.05, 0) is 0 Å². The number of hydrogen-bond donors (Lipinski definition) is 2. The van der Waals surface area contributed by atoms with Gasteiger partial charge in [-0.3, -0.25) is 4.18 Å². The Kier molecular flexibility index (Phi) is 3.76. The second-order valence-corrected chi connectivity index (χ2v) is 4.43. The Balaban J connectivity index is 2.25. The van der Waals surface area contributed by atoms with Crippen molar-refractivity contribution in [1.29, 1.82) is 0 Å². The van der Waals surface area contributed by atoms with E-state index < -0.39 is 23.1 Å². The van der Waals surface area contributed by atoms with Crippen molar-refractivity contribution in [1.82, 2.24) is 0 Å². The standard InChI is InChI=1S/C7H12O6S/c1-2-3-11-7(8)13-6-4-12-14(9,10)5-6/h2,6,9-10H,1,3-5H2. The molecule has 7 heteroatoms. The molecule has 0 aromatic rings. The predicted octanol–water partition coefficient (Wildman–Crippen LogP) is 1.39. The molecule has 82 valence electrons. The van der Waals surface area contributed by atoms with E-state index in [0.29, 0.717) is 0 Å². The van der Waals surface area contributed by atoms with E-state index in [-0.39, 0.29) is 19.0 Å². The van der Waals surface area contributed by atoms with Crippen LogP contribution in [0.2, 0.25) is 0 Å². The van der Waals surface area contributed by atoms with Crippen molar-refractivity contribution >= 4 is 17.0 Å². The highest BCUT2D eigenvalue weighted by molar-refractivity contribution is 8.20. The SMILES string of the molecule is C=CCOC(=O)OC1COS(O)(O)C1. The Morgan fingerprint density at radius 3 is 2.93 bits per heavy atom.